The molecule has 0 bridgehead atoms. The van der Waals surface area contributed by atoms with Gasteiger partial charge in [-0.1, -0.05) is 12.1 Å². The van der Waals surface area contributed by atoms with Crippen LogP contribution in [0.1, 0.15) is 37.2 Å². The van der Waals surface area contributed by atoms with Crippen molar-refractivity contribution in [3.8, 4) is 12.3 Å². The van der Waals surface area contributed by atoms with Gasteiger partial charge in [0.05, 0.1) is 0 Å². The van der Waals surface area contributed by atoms with Gasteiger partial charge in [-0.25, -0.2) is 4.39 Å². The number of hydrogen-bond acceptors (Lipinski definition) is 0. The van der Waals surface area contributed by atoms with Crippen LogP contribution in [-0.4, -0.2) is 0 Å². The van der Waals surface area contributed by atoms with Crippen LogP contribution in [0.3, 0.4) is 0 Å². The highest BCUT2D eigenvalue weighted by atomic mass is 19.1. The average Bonchev–Trinajstić information content (AvgIpc) is 2.30. The Morgan fingerprint density at radius 3 is 2.20 bits per heavy atom. The molecule has 1 aliphatic carbocycles. The molecule has 0 unspecified atom stereocenters. The van der Waals surface area contributed by atoms with Crippen molar-refractivity contribution in [2.24, 2.45) is 5.92 Å². The lowest BCUT2D eigenvalue weighted by Gasteiger charge is -2.25. The Morgan fingerprint density at radius 1 is 1.07 bits per heavy atom. The van der Waals surface area contributed by atoms with Gasteiger partial charge in [-0.3, -0.25) is 0 Å². The molecule has 1 saturated carbocycles. The smallest absolute Gasteiger partial charge is 0.123 e. The van der Waals surface area contributed by atoms with Gasteiger partial charge in [0.25, 0.3) is 0 Å². The van der Waals surface area contributed by atoms with E-state index in [1.807, 2.05) is 12.1 Å². The first-order chi connectivity index (χ1) is 7.29. The maximum absolute atomic E-state index is 12.7. The number of terminal acetylenes is 1. The van der Waals surface area contributed by atoms with Crippen molar-refractivity contribution >= 4 is 0 Å². The van der Waals surface area contributed by atoms with E-state index in [1.165, 1.54) is 5.56 Å². The lowest BCUT2D eigenvalue weighted by molar-refractivity contribution is 0.384. The van der Waals surface area contributed by atoms with Gasteiger partial charge in [0.15, 0.2) is 0 Å². The molecular formula is C14H15F. The van der Waals surface area contributed by atoms with Crippen LogP contribution in [0, 0.1) is 24.1 Å². The van der Waals surface area contributed by atoms with E-state index in [2.05, 4.69) is 5.92 Å². The largest absolute Gasteiger partial charge is 0.207 e. The molecule has 78 valence electrons. The van der Waals surface area contributed by atoms with E-state index >= 15 is 0 Å². The third-order valence-electron chi connectivity index (χ3n) is 3.30. The third-order valence-corrected chi connectivity index (χ3v) is 3.30. The molecule has 0 saturated heterocycles. The SMILES string of the molecule is C#CC1CCC(c2ccc(F)cc2)CC1. The highest BCUT2D eigenvalue weighted by Gasteiger charge is 2.20. The fourth-order valence-corrected chi connectivity index (χ4v) is 2.33. The van der Waals surface area contributed by atoms with Crippen molar-refractivity contribution in [2.45, 2.75) is 31.6 Å². The minimum atomic E-state index is -0.156. The van der Waals surface area contributed by atoms with Gasteiger partial charge in [-0.15, -0.1) is 12.3 Å². The van der Waals surface area contributed by atoms with Crippen LogP contribution >= 0.6 is 0 Å². The van der Waals surface area contributed by atoms with Crippen molar-refractivity contribution in [2.75, 3.05) is 0 Å². The summed E-state index contributed by atoms with van der Waals surface area (Å²) in [6.07, 6.45) is 9.91. The van der Waals surface area contributed by atoms with Gasteiger partial charge in [0, 0.05) is 5.92 Å². The summed E-state index contributed by atoms with van der Waals surface area (Å²) in [7, 11) is 0. The molecule has 0 aromatic heterocycles. The monoisotopic (exact) mass is 202 g/mol. The molecule has 1 aromatic rings. The summed E-state index contributed by atoms with van der Waals surface area (Å²) in [6, 6.07) is 6.89. The number of hydrogen-bond donors (Lipinski definition) is 0. The lowest BCUT2D eigenvalue weighted by Crippen LogP contribution is -2.11. The van der Waals surface area contributed by atoms with E-state index in [9.17, 15) is 4.39 Å². The minimum Gasteiger partial charge on any atom is -0.207 e. The summed E-state index contributed by atoms with van der Waals surface area (Å²) in [5.41, 5.74) is 1.26. The Labute approximate surface area is 90.5 Å². The van der Waals surface area contributed by atoms with Crippen LogP contribution in [0.25, 0.3) is 0 Å². The van der Waals surface area contributed by atoms with E-state index in [-0.39, 0.29) is 5.82 Å². The van der Waals surface area contributed by atoms with E-state index in [4.69, 9.17) is 6.42 Å². The molecule has 0 N–H and O–H groups in total. The van der Waals surface area contributed by atoms with Crippen LogP contribution in [0.5, 0.6) is 0 Å². The Bertz CT molecular complexity index is 350. The van der Waals surface area contributed by atoms with E-state index < -0.39 is 0 Å². The van der Waals surface area contributed by atoms with Crippen molar-refractivity contribution in [1.29, 1.82) is 0 Å². The molecule has 1 fully saturated rings. The predicted molar refractivity (Wildman–Crippen MR) is 59.9 cm³/mol. The number of halogens is 1. The van der Waals surface area contributed by atoms with Crippen LogP contribution in [-0.2, 0) is 0 Å². The van der Waals surface area contributed by atoms with Gasteiger partial charge in [-0.05, 0) is 49.3 Å². The zero-order valence-corrected chi connectivity index (χ0v) is 8.75. The molecule has 2 rings (SSSR count). The Balaban J connectivity index is 2.02. The first kappa shape index (κ1) is 10.2. The van der Waals surface area contributed by atoms with E-state index in [1.54, 1.807) is 12.1 Å². The van der Waals surface area contributed by atoms with Gasteiger partial charge in [0.1, 0.15) is 5.82 Å². The van der Waals surface area contributed by atoms with Crippen molar-refractivity contribution in [1.82, 2.24) is 0 Å². The first-order valence-electron chi connectivity index (χ1n) is 5.51. The molecular weight excluding hydrogens is 187 g/mol. The number of rotatable bonds is 1. The van der Waals surface area contributed by atoms with Gasteiger partial charge < -0.3 is 0 Å². The number of benzene rings is 1. The second kappa shape index (κ2) is 4.49. The van der Waals surface area contributed by atoms with E-state index in [0.29, 0.717) is 11.8 Å². The fourth-order valence-electron chi connectivity index (χ4n) is 2.33. The Hall–Kier alpha value is -1.29. The quantitative estimate of drug-likeness (QED) is 0.609. The maximum Gasteiger partial charge on any atom is 0.123 e. The lowest BCUT2D eigenvalue weighted by atomic mass is 9.79. The molecule has 15 heavy (non-hydrogen) atoms. The third kappa shape index (κ3) is 2.39. The van der Waals surface area contributed by atoms with Crippen molar-refractivity contribution in [3.63, 3.8) is 0 Å². The van der Waals surface area contributed by atoms with Crippen LogP contribution in [0.4, 0.5) is 4.39 Å². The predicted octanol–water partition coefficient (Wildman–Crippen LogP) is 3.73. The second-order valence-corrected chi connectivity index (χ2v) is 4.27. The molecule has 0 aliphatic heterocycles. The summed E-state index contributed by atoms with van der Waals surface area (Å²) < 4.78 is 12.7. The standard InChI is InChI=1S/C14H15F/c1-2-11-3-5-12(6-4-11)13-7-9-14(15)10-8-13/h1,7-12H,3-6H2. The highest BCUT2D eigenvalue weighted by molar-refractivity contribution is 5.21. The second-order valence-electron chi connectivity index (χ2n) is 4.27. The Kier molecular flexibility index (Phi) is 3.06. The normalized spacial score (nSPS) is 25.9. The molecule has 1 aliphatic rings. The Morgan fingerprint density at radius 2 is 1.67 bits per heavy atom. The average molecular weight is 202 g/mol. The molecule has 1 aromatic carbocycles. The van der Waals surface area contributed by atoms with E-state index in [0.717, 1.165) is 25.7 Å². The molecule has 0 nitrogen and oxygen atoms in total. The topological polar surface area (TPSA) is 0 Å². The summed E-state index contributed by atoms with van der Waals surface area (Å²) >= 11 is 0. The summed E-state index contributed by atoms with van der Waals surface area (Å²) in [4.78, 5) is 0. The van der Waals surface area contributed by atoms with Crippen LogP contribution in [0.15, 0.2) is 24.3 Å². The summed E-state index contributed by atoms with van der Waals surface area (Å²) in [5, 5.41) is 0. The van der Waals surface area contributed by atoms with Gasteiger partial charge in [0.2, 0.25) is 0 Å². The highest BCUT2D eigenvalue weighted by Crippen LogP contribution is 2.35. The first-order valence-corrected chi connectivity index (χ1v) is 5.51. The summed E-state index contributed by atoms with van der Waals surface area (Å²) in [6.45, 7) is 0. The van der Waals surface area contributed by atoms with Crippen molar-refractivity contribution < 1.29 is 4.39 Å². The minimum absolute atomic E-state index is 0.156. The summed E-state index contributed by atoms with van der Waals surface area (Å²) in [5.74, 6) is 3.71. The molecule has 0 amide bonds. The molecule has 0 atom stereocenters. The molecule has 0 radical (unpaired) electrons. The fraction of sp³-hybridized carbons (Fsp3) is 0.429. The molecule has 0 spiro atoms. The molecule has 1 heteroatoms. The van der Waals surface area contributed by atoms with Gasteiger partial charge >= 0.3 is 0 Å². The van der Waals surface area contributed by atoms with Gasteiger partial charge in [-0.2, -0.15) is 0 Å². The maximum atomic E-state index is 12.7. The zero-order chi connectivity index (χ0) is 10.7. The van der Waals surface area contributed by atoms with Crippen molar-refractivity contribution in [3.05, 3.63) is 35.6 Å². The van der Waals surface area contributed by atoms with Crippen LogP contribution in [0.2, 0.25) is 0 Å². The van der Waals surface area contributed by atoms with Crippen LogP contribution < -0.4 is 0 Å². The zero-order valence-electron chi connectivity index (χ0n) is 8.75. The molecule has 0 heterocycles.